The second-order valence-corrected chi connectivity index (χ2v) is 31.9. The standard InChI is InChI=1S/C77H126N14O14/c1-46(2)33-36-91-44-64(94)85(18)58(37-47(3)4)67(95)82-57(45-105-77(13,14)15)73(101)88(21)61(41-53-29-25-23-26-30-53)75(103)89(22)66(50(9)10)70(98)81-56(74(102)90-34-27-24-28-35-90)42-63(93)79-51(11)71(99)86(19)59(38-48(5)6)68(96)80-55(40-54-31-32-62(78-43-54)84(16)17)72(100)87(20)60(39-49(7)8)69(97)83-65(52(12)92)76(91)104/h23,25-26,29-32,43,46-52,55-61,65-66,92H,24,27-28,33-42,44-45H2,1-22H3,(H,79,93)(H,80,96)(H,81,98)(H,82,95)(H,83,97)/t51-,52-,55+,56+,57+,58+,59+,60+,61+,65+,66+/m1/s1. The van der Waals surface area contributed by atoms with Crippen LogP contribution in [-0.2, 0) is 75.1 Å². The topological polar surface area (TPSA) is 333 Å². The molecule has 588 valence electrons. The summed E-state index contributed by atoms with van der Waals surface area (Å²) < 4.78 is 6.23. The van der Waals surface area contributed by atoms with Crippen LogP contribution in [0.25, 0.3) is 0 Å². The molecule has 0 spiro atoms. The number of hydrogen-bond donors (Lipinski definition) is 6. The van der Waals surface area contributed by atoms with Crippen molar-refractivity contribution in [1.29, 1.82) is 0 Å². The van der Waals surface area contributed by atoms with Crippen molar-refractivity contribution in [3.8, 4) is 0 Å². The normalized spacial score (nSPS) is 24.5. The van der Waals surface area contributed by atoms with E-state index < -0.39 is 168 Å². The lowest BCUT2D eigenvalue weighted by Gasteiger charge is -2.38. The summed E-state index contributed by atoms with van der Waals surface area (Å²) >= 11 is 0. The van der Waals surface area contributed by atoms with Crippen LogP contribution in [0.4, 0.5) is 5.82 Å². The monoisotopic (exact) mass is 1470 g/mol. The van der Waals surface area contributed by atoms with Gasteiger partial charge in [-0.25, -0.2) is 4.98 Å². The quantitative estimate of drug-likeness (QED) is 0.117. The van der Waals surface area contributed by atoms with Crippen LogP contribution in [0.15, 0.2) is 48.7 Å². The number of nitrogens with one attached hydrogen (secondary N) is 5. The van der Waals surface area contributed by atoms with Crippen LogP contribution >= 0.6 is 0 Å². The molecule has 1 aromatic carbocycles. The number of piperidine rings is 1. The number of pyridine rings is 1. The van der Waals surface area contributed by atoms with E-state index in [4.69, 9.17) is 4.74 Å². The molecule has 0 aliphatic carbocycles. The average Bonchev–Trinajstić information content (AvgIpc) is 0.798. The van der Waals surface area contributed by atoms with Gasteiger partial charge in [0, 0.05) is 88.0 Å². The van der Waals surface area contributed by atoms with E-state index in [0.717, 1.165) is 6.42 Å². The van der Waals surface area contributed by atoms with Gasteiger partial charge in [-0.2, -0.15) is 0 Å². The Morgan fingerprint density at radius 1 is 0.571 bits per heavy atom. The first-order valence-corrected chi connectivity index (χ1v) is 37.3. The highest BCUT2D eigenvalue weighted by atomic mass is 16.5. The third kappa shape index (κ3) is 26.9. The van der Waals surface area contributed by atoms with Crippen LogP contribution in [0.1, 0.15) is 166 Å². The Hall–Kier alpha value is -8.27. The fraction of sp³-hybridized carbons (Fsp3) is 0.701. The number of likely N-dealkylation sites (tertiary alicyclic amines) is 1. The Balaban J connectivity index is 2.02. The number of rotatable bonds is 19. The summed E-state index contributed by atoms with van der Waals surface area (Å²) in [4.78, 5) is 196. The van der Waals surface area contributed by atoms with Crippen molar-refractivity contribution in [2.24, 2.45) is 29.6 Å². The number of likely N-dealkylation sites (N-methyl/N-ethyl adjacent to an activating group) is 5. The molecular formula is C77H126N14O14. The molecule has 0 bridgehead atoms. The molecule has 3 heterocycles. The Bertz CT molecular complexity index is 3240. The number of ether oxygens (including phenoxy) is 1. The second kappa shape index (κ2) is 41.0. The molecule has 2 fully saturated rings. The van der Waals surface area contributed by atoms with Gasteiger partial charge in [-0.3, -0.25) is 57.5 Å². The van der Waals surface area contributed by atoms with Crippen LogP contribution in [0.2, 0.25) is 0 Å². The van der Waals surface area contributed by atoms with Crippen LogP contribution < -0.4 is 31.5 Å². The van der Waals surface area contributed by atoms with Crippen molar-refractivity contribution in [2.45, 2.75) is 240 Å². The number of carbonyl (C=O) groups excluding carboxylic acids is 12. The summed E-state index contributed by atoms with van der Waals surface area (Å²) in [7, 11) is 10.6. The molecule has 0 unspecified atom stereocenters. The third-order valence-corrected chi connectivity index (χ3v) is 19.2. The van der Waals surface area contributed by atoms with E-state index in [-0.39, 0.29) is 62.3 Å². The van der Waals surface area contributed by atoms with Crippen LogP contribution in [0.5, 0.6) is 0 Å². The highest BCUT2D eigenvalue weighted by molar-refractivity contribution is 6.00. The van der Waals surface area contributed by atoms with Gasteiger partial charge in [0.1, 0.15) is 66.2 Å². The molecule has 28 nitrogen and oxygen atoms in total. The molecule has 28 heteroatoms. The zero-order chi connectivity index (χ0) is 79.2. The molecule has 6 N–H and O–H groups in total. The highest BCUT2D eigenvalue weighted by Crippen LogP contribution is 2.24. The summed E-state index contributed by atoms with van der Waals surface area (Å²) in [6.07, 6.45) is 1.81. The maximum atomic E-state index is 15.5. The molecule has 2 aliphatic rings. The van der Waals surface area contributed by atoms with Gasteiger partial charge in [-0.15, -0.1) is 0 Å². The molecule has 2 saturated heterocycles. The molecule has 0 saturated carbocycles. The van der Waals surface area contributed by atoms with Gasteiger partial charge in [0.05, 0.1) is 31.3 Å². The molecule has 2 aromatic rings. The minimum Gasteiger partial charge on any atom is -0.391 e. The van der Waals surface area contributed by atoms with Crippen molar-refractivity contribution < 1.29 is 67.4 Å². The summed E-state index contributed by atoms with van der Waals surface area (Å²) in [5.74, 6) is -9.77. The van der Waals surface area contributed by atoms with Gasteiger partial charge in [0.25, 0.3) is 0 Å². The zero-order valence-corrected chi connectivity index (χ0v) is 66.7. The van der Waals surface area contributed by atoms with Gasteiger partial charge >= 0.3 is 0 Å². The van der Waals surface area contributed by atoms with E-state index >= 15 is 38.4 Å². The zero-order valence-electron chi connectivity index (χ0n) is 66.7. The van der Waals surface area contributed by atoms with Crippen molar-refractivity contribution in [3.05, 3.63) is 59.8 Å². The fourth-order valence-corrected chi connectivity index (χ4v) is 13.0. The first-order chi connectivity index (χ1) is 49.0. The fourth-order valence-electron chi connectivity index (χ4n) is 13.0. The Morgan fingerprint density at radius 2 is 1.09 bits per heavy atom. The molecule has 11 atom stereocenters. The molecular weight excluding hydrogens is 1340 g/mol. The first-order valence-electron chi connectivity index (χ1n) is 37.3. The molecule has 0 radical (unpaired) electrons. The van der Waals surface area contributed by atoms with Gasteiger partial charge < -0.3 is 75.6 Å². The largest absolute Gasteiger partial charge is 0.391 e. The van der Waals surface area contributed by atoms with Crippen molar-refractivity contribution in [1.82, 2.24) is 65.9 Å². The minimum absolute atomic E-state index is 0.0129. The van der Waals surface area contributed by atoms with E-state index in [1.165, 1.54) is 78.5 Å². The van der Waals surface area contributed by atoms with Gasteiger partial charge in [-0.1, -0.05) is 106 Å². The van der Waals surface area contributed by atoms with E-state index in [9.17, 15) is 24.3 Å². The SMILES string of the molecule is CC(C)CCN1CC(=O)N(C)[C@@H](CC(C)C)C(=O)N[C@@H](COC(C)(C)C)C(=O)N(C)[C@@H](Cc2ccccc2)C(=O)N(C)[C@@H](C(C)C)C(=O)N[C@H](C(=O)N2CCCCC2)CC(=O)N[C@H](C)C(=O)N(C)[C@@H](CC(C)C)C(=O)N[C@@H](Cc2ccc(N(C)C)nc2)C(=O)N(C)[C@@H](CC(C)C)C(=O)N[C@@H]([C@@H](C)O)C1=O. The number of amides is 12. The van der Waals surface area contributed by atoms with E-state index in [0.29, 0.717) is 49.3 Å². The van der Waals surface area contributed by atoms with E-state index in [2.05, 4.69) is 31.6 Å². The van der Waals surface area contributed by atoms with E-state index in [1.807, 2.05) is 69.5 Å². The van der Waals surface area contributed by atoms with Gasteiger partial charge in [0.2, 0.25) is 70.9 Å². The van der Waals surface area contributed by atoms with Crippen LogP contribution in [0.3, 0.4) is 0 Å². The predicted octanol–water partition coefficient (Wildman–Crippen LogP) is 3.79. The van der Waals surface area contributed by atoms with Crippen molar-refractivity contribution in [3.63, 3.8) is 0 Å². The number of hydrogen-bond acceptors (Lipinski definition) is 16. The second-order valence-electron chi connectivity index (χ2n) is 31.9. The Labute approximate surface area is 623 Å². The lowest BCUT2D eigenvalue weighted by molar-refractivity contribution is -0.152. The molecule has 2 aliphatic heterocycles. The summed E-state index contributed by atoms with van der Waals surface area (Å²) in [6, 6.07) is -1.65. The average molecular weight is 1470 g/mol. The number of aliphatic hydroxyl groups excluding tert-OH is 1. The number of benzene rings is 1. The summed E-state index contributed by atoms with van der Waals surface area (Å²) in [5.41, 5.74) is 0.282. The lowest BCUT2D eigenvalue weighted by Crippen LogP contribution is -2.62. The number of carbonyl (C=O) groups is 12. The van der Waals surface area contributed by atoms with Crippen molar-refractivity contribution >= 4 is 76.7 Å². The van der Waals surface area contributed by atoms with Gasteiger partial charge in [-0.05, 0) is 126 Å². The molecule has 12 amide bonds. The van der Waals surface area contributed by atoms with Crippen LogP contribution in [-0.4, -0.2) is 270 Å². The van der Waals surface area contributed by atoms with Crippen LogP contribution in [0, 0.1) is 29.6 Å². The van der Waals surface area contributed by atoms with Crippen molar-refractivity contribution in [2.75, 3.05) is 87.0 Å². The smallest absolute Gasteiger partial charge is 0.248 e. The number of aromatic nitrogens is 1. The Morgan fingerprint density at radius 3 is 1.58 bits per heavy atom. The van der Waals surface area contributed by atoms with Gasteiger partial charge in [0.15, 0.2) is 0 Å². The minimum atomic E-state index is -1.69. The molecule has 4 rings (SSSR count). The highest BCUT2D eigenvalue weighted by Gasteiger charge is 2.44. The third-order valence-electron chi connectivity index (χ3n) is 19.2. The summed E-state index contributed by atoms with van der Waals surface area (Å²) in [5, 5.41) is 25.6. The Kier molecular flexibility index (Phi) is 34.8. The molecule has 105 heavy (non-hydrogen) atoms. The number of anilines is 1. The summed E-state index contributed by atoms with van der Waals surface area (Å²) in [6.45, 7) is 25.9. The maximum Gasteiger partial charge on any atom is 0.248 e. The number of aliphatic hydroxyl groups is 1. The number of nitrogens with zero attached hydrogens (tertiary/aromatic N) is 9. The van der Waals surface area contributed by atoms with E-state index in [1.54, 1.807) is 93.1 Å². The molecule has 1 aromatic heterocycles. The predicted molar refractivity (Wildman–Crippen MR) is 402 cm³/mol. The lowest BCUT2D eigenvalue weighted by atomic mass is 9.97. The first kappa shape index (κ1) is 89.1. The maximum absolute atomic E-state index is 15.5.